The van der Waals surface area contributed by atoms with Gasteiger partial charge < -0.3 is 10.1 Å². The second-order valence-corrected chi connectivity index (χ2v) is 6.07. The fourth-order valence-electron chi connectivity index (χ4n) is 1.90. The lowest BCUT2D eigenvalue weighted by Crippen LogP contribution is -2.47. The lowest BCUT2D eigenvalue weighted by molar-refractivity contribution is -0.144. The predicted octanol–water partition coefficient (Wildman–Crippen LogP) is 1.71. The third-order valence-electron chi connectivity index (χ3n) is 3.19. The van der Waals surface area contributed by atoms with Crippen molar-refractivity contribution < 1.29 is 14.3 Å². The number of amides is 1. The lowest BCUT2D eigenvalue weighted by atomic mass is 10.0. The third-order valence-corrected chi connectivity index (χ3v) is 3.19. The average Bonchev–Trinajstić information content (AvgIpc) is 2.35. The highest BCUT2D eigenvalue weighted by atomic mass is 16.5. The van der Waals surface area contributed by atoms with Crippen LogP contribution in [0.4, 0.5) is 0 Å². The van der Waals surface area contributed by atoms with Crippen molar-refractivity contribution >= 4 is 11.9 Å². The maximum Gasteiger partial charge on any atom is 0.323 e. The Kier molecular flexibility index (Phi) is 9.21. The van der Waals surface area contributed by atoms with Crippen LogP contribution >= 0.6 is 0 Å². The van der Waals surface area contributed by atoms with Crippen molar-refractivity contribution in [1.29, 1.82) is 0 Å². The van der Waals surface area contributed by atoms with Crippen LogP contribution in [0.5, 0.6) is 0 Å². The highest BCUT2D eigenvalue weighted by Crippen LogP contribution is 2.06. The SMILES string of the molecule is COC(=O)C(NCC(=O)NC(C)CCC(C)C)C(C)C. The summed E-state index contributed by atoms with van der Waals surface area (Å²) in [5.41, 5.74) is 0. The molecule has 20 heavy (non-hydrogen) atoms. The molecule has 1 amide bonds. The number of hydrogen-bond donors (Lipinski definition) is 2. The molecule has 0 radical (unpaired) electrons. The standard InChI is InChI=1S/C15H30N2O3/c1-10(2)7-8-12(5)17-13(18)9-16-14(11(3)4)15(19)20-6/h10-12,14,16H,7-9H2,1-6H3,(H,17,18). The van der Waals surface area contributed by atoms with Crippen LogP contribution in [0.1, 0.15) is 47.5 Å². The molecule has 0 fully saturated rings. The first-order chi connectivity index (χ1) is 9.27. The molecule has 0 aliphatic rings. The molecule has 0 aromatic carbocycles. The summed E-state index contributed by atoms with van der Waals surface area (Å²) in [6.45, 7) is 10.3. The first kappa shape index (κ1) is 18.9. The van der Waals surface area contributed by atoms with Crippen molar-refractivity contribution in [3.05, 3.63) is 0 Å². The van der Waals surface area contributed by atoms with Crippen molar-refractivity contribution in [3.8, 4) is 0 Å². The van der Waals surface area contributed by atoms with Crippen molar-refractivity contribution in [2.45, 2.75) is 59.5 Å². The van der Waals surface area contributed by atoms with Crippen LogP contribution < -0.4 is 10.6 Å². The number of rotatable bonds is 9. The van der Waals surface area contributed by atoms with E-state index in [2.05, 4.69) is 24.5 Å². The van der Waals surface area contributed by atoms with E-state index >= 15 is 0 Å². The van der Waals surface area contributed by atoms with Gasteiger partial charge in [-0.15, -0.1) is 0 Å². The average molecular weight is 286 g/mol. The molecular formula is C15H30N2O3. The Balaban J connectivity index is 4.10. The van der Waals surface area contributed by atoms with Crippen molar-refractivity contribution in [2.24, 2.45) is 11.8 Å². The van der Waals surface area contributed by atoms with Crippen LogP contribution in [0.3, 0.4) is 0 Å². The number of methoxy groups -OCH3 is 1. The quantitative estimate of drug-likeness (QED) is 0.633. The Labute approximate surface area is 122 Å². The maximum absolute atomic E-state index is 11.8. The zero-order valence-corrected chi connectivity index (χ0v) is 13.7. The zero-order valence-electron chi connectivity index (χ0n) is 13.7. The highest BCUT2D eigenvalue weighted by Gasteiger charge is 2.23. The van der Waals surface area contributed by atoms with E-state index in [0.29, 0.717) is 5.92 Å². The van der Waals surface area contributed by atoms with Crippen LogP contribution in [0.25, 0.3) is 0 Å². The van der Waals surface area contributed by atoms with Crippen LogP contribution in [-0.2, 0) is 14.3 Å². The van der Waals surface area contributed by atoms with E-state index in [1.165, 1.54) is 7.11 Å². The van der Waals surface area contributed by atoms with Crippen molar-refractivity contribution in [2.75, 3.05) is 13.7 Å². The smallest absolute Gasteiger partial charge is 0.323 e. The largest absolute Gasteiger partial charge is 0.468 e. The van der Waals surface area contributed by atoms with Gasteiger partial charge in [-0.05, 0) is 31.6 Å². The van der Waals surface area contributed by atoms with Gasteiger partial charge in [0, 0.05) is 6.04 Å². The third kappa shape index (κ3) is 8.15. The van der Waals surface area contributed by atoms with E-state index in [1.54, 1.807) is 0 Å². The molecule has 0 rings (SSSR count). The highest BCUT2D eigenvalue weighted by molar-refractivity contribution is 5.80. The fourth-order valence-corrected chi connectivity index (χ4v) is 1.90. The molecule has 118 valence electrons. The Bertz CT molecular complexity index is 303. The van der Waals surface area contributed by atoms with Gasteiger partial charge in [-0.25, -0.2) is 0 Å². The maximum atomic E-state index is 11.8. The molecule has 0 aliphatic carbocycles. The van der Waals surface area contributed by atoms with Gasteiger partial charge in [0.05, 0.1) is 13.7 Å². The van der Waals surface area contributed by atoms with E-state index in [-0.39, 0.29) is 30.4 Å². The van der Waals surface area contributed by atoms with Gasteiger partial charge in [-0.3, -0.25) is 14.9 Å². The van der Waals surface area contributed by atoms with Crippen LogP contribution in [0, 0.1) is 11.8 Å². The lowest BCUT2D eigenvalue weighted by Gasteiger charge is -2.20. The molecule has 0 aliphatic heterocycles. The molecule has 0 heterocycles. The van der Waals surface area contributed by atoms with Gasteiger partial charge >= 0.3 is 5.97 Å². The predicted molar refractivity (Wildman–Crippen MR) is 80.3 cm³/mol. The molecule has 5 heteroatoms. The number of nitrogens with one attached hydrogen (secondary N) is 2. The molecule has 0 aromatic rings. The Morgan fingerprint density at radius 1 is 1.05 bits per heavy atom. The summed E-state index contributed by atoms with van der Waals surface area (Å²) < 4.78 is 4.72. The molecule has 0 saturated heterocycles. The first-order valence-electron chi connectivity index (χ1n) is 7.38. The van der Waals surface area contributed by atoms with E-state index < -0.39 is 6.04 Å². The van der Waals surface area contributed by atoms with Gasteiger partial charge in [-0.1, -0.05) is 27.7 Å². The van der Waals surface area contributed by atoms with Gasteiger partial charge in [0.2, 0.25) is 5.91 Å². The number of carbonyl (C=O) groups excluding carboxylic acids is 2. The van der Waals surface area contributed by atoms with E-state index in [1.807, 2.05) is 20.8 Å². The zero-order chi connectivity index (χ0) is 15.7. The van der Waals surface area contributed by atoms with Crippen LogP contribution in [0.2, 0.25) is 0 Å². The summed E-state index contributed by atoms with van der Waals surface area (Å²) in [4.78, 5) is 23.4. The summed E-state index contributed by atoms with van der Waals surface area (Å²) >= 11 is 0. The summed E-state index contributed by atoms with van der Waals surface area (Å²) in [5, 5.41) is 5.89. The summed E-state index contributed by atoms with van der Waals surface area (Å²) in [6, 6.07) is -0.293. The second-order valence-electron chi connectivity index (χ2n) is 6.07. The summed E-state index contributed by atoms with van der Waals surface area (Å²) in [6.07, 6.45) is 2.06. The van der Waals surface area contributed by atoms with E-state index in [4.69, 9.17) is 4.74 Å². The molecular weight excluding hydrogens is 256 g/mol. The van der Waals surface area contributed by atoms with Crippen molar-refractivity contribution in [3.63, 3.8) is 0 Å². The number of esters is 1. The first-order valence-corrected chi connectivity index (χ1v) is 7.38. The fraction of sp³-hybridized carbons (Fsp3) is 0.867. The number of hydrogen-bond acceptors (Lipinski definition) is 4. The van der Waals surface area contributed by atoms with Gasteiger partial charge in [0.15, 0.2) is 0 Å². The molecule has 2 atom stereocenters. The second kappa shape index (κ2) is 9.75. The monoisotopic (exact) mass is 286 g/mol. The van der Waals surface area contributed by atoms with Gasteiger partial charge in [0.1, 0.15) is 6.04 Å². The Morgan fingerprint density at radius 3 is 2.10 bits per heavy atom. The normalized spacial score (nSPS) is 14.2. The minimum Gasteiger partial charge on any atom is -0.468 e. The minimum atomic E-state index is -0.447. The van der Waals surface area contributed by atoms with E-state index in [0.717, 1.165) is 12.8 Å². The number of ether oxygens (including phenoxy) is 1. The summed E-state index contributed by atoms with van der Waals surface area (Å²) in [5.74, 6) is 0.294. The minimum absolute atomic E-state index is 0.0774. The molecule has 0 aromatic heterocycles. The Morgan fingerprint density at radius 2 is 1.65 bits per heavy atom. The molecule has 0 saturated carbocycles. The Hall–Kier alpha value is -1.10. The molecule has 2 unspecified atom stereocenters. The molecule has 0 bridgehead atoms. The molecule has 2 N–H and O–H groups in total. The van der Waals surface area contributed by atoms with Crippen LogP contribution in [0.15, 0.2) is 0 Å². The van der Waals surface area contributed by atoms with E-state index in [9.17, 15) is 9.59 Å². The topological polar surface area (TPSA) is 67.4 Å². The van der Waals surface area contributed by atoms with Crippen molar-refractivity contribution in [1.82, 2.24) is 10.6 Å². The van der Waals surface area contributed by atoms with Gasteiger partial charge in [-0.2, -0.15) is 0 Å². The van der Waals surface area contributed by atoms with Crippen LogP contribution in [-0.4, -0.2) is 37.6 Å². The van der Waals surface area contributed by atoms with Gasteiger partial charge in [0.25, 0.3) is 0 Å². The molecule has 0 spiro atoms. The number of carbonyl (C=O) groups is 2. The molecule has 5 nitrogen and oxygen atoms in total. The summed E-state index contributed by atoms with van der Waals surface area (Å²) in [7, 11) is 1.35.